The maximum Gasteiger partial charge on any atom is 0.274 e. The average molecular weight is 367 g/mol. The summed E-state index contributed by atoms with van der Waals surface area (Å²) >= 11 is 3.05. The molecule has 0 aliphatic heterocycles. The van der Waals surface area contributed by atoms with Gasteiger partial charge in [-0.2, -0.15) is 0 Å². The van der Waals surface area contributed by atoms with Gasteiger partial charge in [-0.15, -0.1) is 0 Å². The largest absolute Gasteiger partial charge is 0.492 e. The summed E-state index contributed by atoms with van der Waals surface area (Å²) in [4.78, 5) is 9.53. The van der Waals surface area contributed by atoms with Crippen LogP contribution in [0.3, 0.4) is 0 Å². The van der Waals surface area contributed by atoms with Crippen LogP contribution in [0.5, 0.6) is 11.5 Å². The van der Waals surface area contributed by atoms with E-state index in [0.717, 1.165) is 12.1 Å². The van der Waals surface area contributed by atoms with Crippen molar-refractivity contribution in [1.29, 1.82) is 0 Å². The van der Waals surface area contributed by atoms with Crippen LogP contribution in [0.2, 0.25) is 0 Å². The van der Waals surface area contributed by atoms with Crippen molar-refractivity contribution in [2.45, 2.75) is 4.90 Å². The van der Waals surface area contributed by atoms with Gasteiger partial charge in [0.05, 0.1) is 18.1 Å². The lowest BCUT2D eigenvalue weighted by atomic mass is 10.3. The van der Waals surface area contributed by atoms with Crippen LogP contribution in [0.1, 0.15) is 0 Å². The fourth-order valence-electron chi connectivity index (χ4n) is 1.34. The van der Waals surface area contributed by atoms with E-state index in [2.05, 4.69) is 22.5 Å². The maximum atomic E-state index is 11.5. The third kappa shape index (κ3) is 3.92. The lowest BCUT2D eigenvalue weighted by molar-refractivity contribution is -0.385. The molecule has 1 aromatic carbocycles. The number of ether oxygens (including phenoxy) is 2. The Hall–Kier alpha value is -1.65. The normalized spacial score (nSPS) is 10.9. The first-order valence-corrected chi connectivity index (χ1v) is 7.36. The molecule has 0 heterocycles. The van der Waals surface area contributed by atoms with Crippen molar-refractivity contribution >= 4 is 31.6 Å². The van der Waals surface area contributed by atoms with E-state index in [1.54, 1.807) is 0 Å². The van der Waals surface area contributed by atoms with Crippen molar-refractivity contribution in [2.24, 2.45) is 5.14 Å². The van der Waals surface area contributed by atoms with E-state index in [1.165, 1.54) is 7.11 Å². The van der Waals surface area contributed by atoms with Gasteiger partial charge in [0.1, 0.15) is 11.5 Å². The highest BCUT2D eigenvalue weighted by Crippen LogP contribution is 2.38. The number of nitro benzene ring substituents is 1. The van der Waals surface area contributed by atoms with Crippen molar-refractivity contribution in [3.63, 3.8) is 0 Å². The Morgan fingerprint density at radius 2 is 2.15 bits per heavy atom. The molecule has 2 N–H and O–H groups in total. The van der Waals surface area contributed by atoms with Gasteiger partial charge in [0.25, 0.3) is 5.69 Å². The van der Waals surface area contributed by atoms with Gasteiger partial charge in [0, 0.05) is 10.5 Å². The number of non-ortho nitro benzene ring substituents is 1. The highest BCUT2D eigenvalue weighted by Gasteiger charge is 2.25. The first-order chi connectivity index (χ1) is 9.16. The van der Waals surface area contributed by atoms with E-state index < -0.39 is 25.5 Å². The summed E-state index contributed by atoms with van der Waals surface area (Å²) in [5.74, 6) is -0.321. The molecule has 0 bridgehead atoms. The minimum Gasteiger partial charge on any atom is -0.492 e. The summed E-state index contributed by atoms with van der Waals surface area (Å²) in [6, 6.07) is 1.85. The first kappa shape index (κ1) is 16.4. The molecule has 0 aliphatic rings. The van der Waals surface area contributed by atoms with Crippen molar-refractivity contribution in [3.05, 3.63) is 33.3 Å². The van der Waals surface area contributed by atoms with Gasteiger partial charge in [-0.25, -0.2) is 13.6 Å². The summed E-state index contributed by atoms with van der Waals surface area (Å²) in [5.41, 5.74) is -0.481. The van der Waals surface area contributed by atoms with Crippen molar-refractivity contribution < 1.29 is 22.8 Å². The van der Waals surface area contributed by atoms with Gasteiger partial charge in [0.15, 0.2) is 11.5 Å². The highest BCUT2D eigenvalue weighted by molar-refractivity contribution is 9.11. The zero-order chi connectivity index (χ0) is 15.5. The van der Waals surface area contributed by atoms with E-state index in [-0.39, 0.29) is 18.1 Å². The van der Waals surface area contributed by atoms with Gasteiger partial charge in [-0.1, -0.05) is 22.5 Å². The van der Waals surface area contributed by atoms with Gasteiger partial charge in [0.2, 0.25) is 10.0 Å². The molecule has 110 valence electrons. The molecular formula is C10H11BrN2O6S. The minimum atomic E-state index is -4.21. The number of methoxy groups -OCH3 is 1. The molecule has 0 saturated heterocycles. The molecule has 20 heavy (non-hydrogen) atoms. The molecule has 0 aromatic heterocycles. The fourth-order valence-corrected chi connectivity index (χ4v) is 2.19. The molecule has 8 nitrogen and oxygen atoms in total. The van der Waals surface area contributed by atoms with Gasteiger partial charge in [-0.3, -0.25) is 10.1 Å². The average Bonchev–Trinajstić information content (AvgIpc) is 2.33. The van der Waals surface area contributed by atoms with Crippen LogP contribution in [-0.2, 0) is 10.0 Å². The van der Waals surface area contributed by atoms with Gasteiger partial charge < -0.3 is 9.47 Å². The Morgan fingerprint density at radius 3 is 2.55 bits per heavy atom. The molecule has 10 heteroatoms. The van der Waals surface area contributed by atoms with Crippen LogP contribution >= 0.6 is 15.9 Å². The number of nitro groups is 1. The summed E-state index contributed by atoms with van der Waals surface area (Å²) in [6.07, 6.45) is 0. The Morgan fingerprint density at radius 1 is 1.55 bits per heavy atom. The maximum absolute atomic E-state index is 11.5. The number of hydrogen-bond acceptors (Lipinski definition) is 6. The van der Waals surface area contributed by atoms with Crippen LogP contribution in [0.4, 0.5) is 5.69 Å². The Labute approximate surface area is 123 Å². The van der Waals surface area contributed by atoms with E-state index >= 15 is 0 Å². The highest BCUT2D eigenvalue weighted by atomic mass is 79.9. The van der Waals surface area contributed by atoms with Crippen LogP contribution in [-0.4, -0.2) is 27.1 Å². The number of primary sulfonamides is 1. The van der Waals surface area contributed by atoms with E-state index in [9.17, 15) is 18.5 Å². The number of nitrogens with two attached hydrogens (primary N) is 1. The summed E-state index contributed by atoms with van der Waals surface area (Å²) < 4.78 is 33.5. The molecule has 0 aliphatic carbocycles. The van der Waals surface area contributed by atoms with Crippen molar-refractivity contribution in [2.75, 3.05) is 13.7 Å². The Kier molecular flexibility index (Phi) is 5.09. The molecule has 0 unspecified atom stereocenters. The quantitative estimate of drug-likeness (QED) is 0.601. The number of hydrogen-bond donors (Lipinski definition) is 1. The standard InChI is InChI=1S/C10H11BrN2O6S/c1-6(11)5-19-8-3-7(13(14)15)4-9(10(8)18-2)20(12,16)17/h3-4H,1,5H2,2H3,(H2,12,16,17). The molecular weight excluding hydrogens is 356 g/mol. The predicted octanol–water partition coefficient (Wildman–Crippen LogP) is 1.54. The predicted molar refractivity (Wildman–Crippen MR) is 74.6 cm³/mol. The lowest BCUT2D eigenvalue weighted by Crippen LogP contribution is -2.14. The monoisotopic (exact) mass is 366 g/mol. The fraction of sp³-hybridized carbons (Fsp3) is 0.200. The molecule has 1 aromatic rings. The zero-order valence-corrected chi connectivity index (χ0v) is 12.7. The van der Waals surface area contributed by atoms with Gasteiger partial charge in [-0.05, 0) is 0 Å². The van der Waals surface area contributed by atoms with Crippen molar-refractivity contribution in [3.8, 4) is 11.5 Å². The van der Waals surface area contributed by atoms with Crippen LogP contribution in [0.15, 0.2) is 28.1 Å². The summed E-state index contributed by atoms with van der Waals surface area (Å²) in [7, 11) is -3.01. The first-order valence-electron chi connectivity index (χ1n) is 5.02. The second-order valence-electron chi connectivity index (χ2n) is 3.58. The lowest BCUT2D eigenvalue weighted by Gasteiger charge is -2.13. The Bertz CT molecular complexity index is 658. The second-order valence-corrected chi connectivity index (χ2v) is 6.23. The summed E-state index contributed by atoms with van der Waals surface area (Å²) in [5, 5.41) is 15.8. The molecule has 0 amide bonds. The minimum absolute atomic E-state index is 0.0262. The number of rotatable bonds is 6. The van der Waals surface area contributed by atoms with Gasteiger partial charge >= 0.3 is 0 Å². The topological polar surface area (TPSA) is 122 Å². The third-order valence-corrected chi connectivity index (χ3v) is 3.26. The van der Waals surface area contributed by atoms with Crippen molar-refractivity contribution in [1.82, 2.24) is 0 Å². The Balaban J connectivity index is 3.51. The number of sulfonamides is 1. The van der Waals surface area contributed by atoms with Crippen LogP contribution in [0, 0.1) is 10.1 Å². The number of benzene rings is 1. The molecule has 0 saturated carbocycles. The molecule has 0 spiro atoms. The number of nitrogens with zero attached hydrogens (tertiary/aromatic N) is 1. The van der Waals surface area contributed by atoms with E-state index in [1.807, 2.05) is 0 Å². The molecule has 0 radical (unpaired) electrons. The zero-order valence-electron chi connectivity index (χ0n) is 10.3. The molecule has 0 atom stereocenters. The van der Waals surface area contributed by atoms with E-state index in [4.69, 9.17) is 14.6 Å². The smallest absolute Gasteiger partial charge is 0.274 e. The SMILES string of the molecule is C=C(Br)COc1cc([N+](=O)[O-])cc(S(N)(=O)=O)c1OC. The number of halogens is 1. The van der Waals surface area contributed by atoms with Crippen LogP contribution < -0.4 is 14.6 Å². The third-order valence-electron chi connectivity index (χ3n) is 2.11. The second kappa shape index (κ2) is 6.20. The summed E-state index contributed by atoms with van der Waals surface area (Å²) in [6.45, 7) is 3.50. The molecule has 1 rings (SSSR count). The molecule has 0 fully saturated rings. The van der Waals surface area contributed by atoms with E-state index in [0.29, 0.717) is 4.48 Å². The van der Waals surface area contributed by atoms with Crippen LogP contribution in [0.25, 0.3) is 0 Å².